The summed E-state index contributed by atoms with van der Waals surface area (Å²) in [5.41, 5.74) is 1.01. The van der Waals surface area contributed by atoms with Gasteiger partial charge in [0.15, 0.2) is 0 Å². The van der Waals surface area contributed by atoms with Crippen molar-refractivity contribution >= 4 is 5.97 Å². The molecule has 0 saturated carbocycles. The van der Waals surface area contributed by atoms with E-state index in [2.05, 4.69) is 10.1 Å². The molecular formula is C12H17NO3. The van der Waals surface area contributed by atoms with Crippen molar-refractivity contribution in [3.63, 3.8) is 0 Å². The van der Waals surface area contributed by atoms with E-state index in [9.17, 15) is 4.79 Å². The molecule has 1 N–H and O–H groups in total. The first-order valence-corrected chi connectivity index (χ1v) is 5.09. The molecule has 0 fully saturated rings. The maximum Gasteiger partial charge on any atom is 0.307 e. The van der Waals surface area contributed by atoms with Gasteiger partial charge in [-0.3, -0.25) is 4.79 Å². The number of methoxy groups -OCH3 is 2. The summed E-state index contributed by atoms with van der Waals surface area (Å²) in [5, 5.41) is 3.08. The number of benzene rings is 1. The van der Waals surface area contributed by atoms with Gasteiger partial charge in [-0.05, 0) is 24.7 Å². The van der Waals surface area contributed by atoms with Gasteiger partial charge in [-0.25, -0.2) is 0 Å². The number of carbonyl (C=O) groups excluding carboxylic acids is 1. The molecular weight excluding hydrogens is 206 g/mol. The molecule has 0 aliphatic heterocycles. The third kappa shape index (κ3) is 3.24. The first-order valence-electron chi connectivity index (χ1n) is 5.09. The monoisotopic (exact) mass is 223 g/mol. The second kappa shape index (κ2) is 6.12. The summed E-state index contributed by atoms with van der Waals surface area (Å²) in [5.74, 6) is 0.546. The number of carbonyl (C=O) groups is 1. The van der Waals surface area contributed by atoms with Crippen LogP contribution in [-0.2, 0) is 9.53 Å². The molecule has 4 heteroatoms. The minimum absolute atomic E-state index is 0.0532. The number of esters is 1. The van der Waals surface area contributed by atoms with Crippen molar-refractivity contribution in [1.82, 2.24) is 5.32 Å². The summed E-state index contributed by atoms with van der Waals surface area (Å²) < 4.78 is 9.79. The lowest BCUT2D eigenvalue weighted by atomic mass is 10.0. The lowest BCUT2D eigenvalue weighted by molar-refractivity contribution is -0.141. The summed E-state index contributed by atoms with van der Waals surface area (Å²) in [7, 11) is 4.82. The number of nitrogens with one attached hydrogen (secondary N) is 1. The Morgan fingerprint density at radius 1 is 1.44 bits per heavy atom. The minimum atomic E-state index is -0.234. The molecule has 0 saturated heterocycles. The average Bonchev–Trinajstić information content (AvgIpc) is 2.35. The zero-order valence-corrected chi connectivity index (χ0v) is 9.82. The van der Waals surface area contributed by atoms with Crippen LogP contribution in [0.4, 0.5) is 0 Å². The molecule has 0 amide bonds. The Balaban J connectivity index is 2.81. The fraction of sp³-hybridized carbons (Fsp3) is 0.417. The van der Waals surface area contributed by atoms with Gasteiger partial charge in [-0.1, -0.05) is 12.1 Å². The maximum atomic E-state index is 11.2. The van der Waals surface area contributed by atoms with Gasteiger partial charge in [0.25, 0.3) is 0 Å². The van der Waals surface area contributed by atoms with Gasteiger partial charge in [-0.15, -0.1) is 0 Å². The lowest BCUT2D eigenvalue weighted by Gasteiger charge is -2.15. The van der Waals surface area contributed by atoms with Crippen molar-refractivity contribution in [1.29, 1.82) is 0 Å². The van der Waals surface area contributed by atoms with E-state index in [1.54, 1.807) is 7.11 Å². The smallest absolute Gasteiger partial charge is 0.307 e. The standard InChI is InChI=1S/C12H17NO3/c1-13-11(8-12(14)16-3)9-5-4-6-10(7-9)15-2/h4-7,11,13H,8H2,1-3H3. The van der Waals surface area contributed by atoms with Crippen LogP contribution < -0.4 is 10.1 Å². The summed E-state index contributed by atoms with van der Waals surface area (Å²) in [4.78, 5) is 11.2. The normalized spacial score (nSPS) is 11.9. The summed E-state index contributed by atoms with van der Waals surface area (Å²) in [6.07, 6.45) is 0.306. The molecule has 1 aromatic rings. The third-order valence-electron chi connectivity index (χ3n) is 2.44. The molecule has 16 heavy (non-hydrogen) atoms. The van der Waals surface area contributed by atoms with Gasteiger partial charge in [-0.2, -0.15) is 0 Å². The lowest BCUT2D eigenvalue weighted by Crippen LogP contribution is -2.20. The van der Waals surface area contributed by atoms with Gasteiger partial charge >= 0.3 is 5.97 Å². The number of hydrogen-bond donors (Lipinski definition) is 1. The van der Waals surface area contributed by atoms with Crippen LogP contribution >= 0.6 is 0 Å². The molecule has 0 bridgehead atoms. The molecule has 1 atom stereocenters. The van der Waals surface area contributed by atoms with Gasteiger partial charge in [0.1, 0.15) is 5.75 Å². The number of ether oxygens (including phenoxy) is 2. The molecule has 0 spiro atoms. The highest BCUT2D eigenvalue weighted by Crippen LogP contribution is 2.21. The summed E-state index contributed by atoms with van der Waals surface area (Å²) >= 11 is 0. The highest BCUT2D eigenvalue weighted by Gasteiger charge is 2.14. The van der Waals surface area contributed by atoms with Crippen molar-refractivity contribution < 1.29 is 14.3 Å². The van der Waals surface area contributed by atoms with Crippen molar-refractivity contribution in [2.75, 3.05) is 21.3 Å². The van der Waals surface area contributed by atoms with Gasteiger partial charge in [0.05, 0.1) is 20.6 Å². The number of rotatable bonds is 5. The third-order valence-corrected chi connectivity index (χ3v) is 2.44. The summed E-state index contributed by atoms with van der Waals surface area (Å²) in [6, 6.07) is 7.57. The average molecular weight is 223 g/mol. The highest BCUT2D eigenvalue weighted by atomic mass is 16.5. The topological polar surface area (TPSA) is 47.6 Å². The van der Waals surface area contributed by atoms with Crippen molar-refractivity contribution in [2.24, 2.45) is 0 Å². The molecule has 0 radical (unpaired) electrons. The molecule has 0 aromatic heterocycles. The van der Waals surface area contributed by atoms with Gasteiger partial charge in [0, 0.05) is 6.04 Å². The van der Waals surface area contributed by atoms with E-state index >= 15 is 0 Å². The second-order valence-corrected chi connectivity index (χ2v) is 3.40. The van der Waals surface area contributed by atoms with E-state index in [0.29, 0.717) is 6.42 Å². The first kappa shape index (κ1) is 12.5. The largest absolute Gasteiger partial charge is 0.497 e. The zero-order valence-electron chi connectivity index (χ0n) is 9.82. The Bertz CT molecular complexity index is 352. The number of hydrogen-bond acceptors (Lipinski definition) is 4. The molecule has 1 unspecified atom stereocenters. The molecule has 1 rings (SSSR count). The first-order chi connectivity index (χ1) is 7.71. The van der Waals surface area contributed by atoms with Crippen LogP contribution in [0, 0.1) is 0 Å². The molecule has 4 nitrogen and oxygen atoms in total. The zero-order chi connectivity index (χ0) is 12.0. The quantitative estimate of drug-likeness (QED) is 0.769. The highest BCUT2D eigenvalue weighted by molar-refractivity contribution is 5.70. The minimum Gasteiger partial charge on any atom is -0.497 e. The molecule has 0 aliphatic rings. The van der Waals surface area contributed by atoms with E-state index in [1.165, 1.54) is 7.11 Å². The Hall–Kier alpha value is -1.55. The predicted molar refractivity (Wildman–Crippen MR) is 61.4 cm³/mol. The fourth-order valence-corrected chi connectivity index (χ4v) is 1.49. The SMILES string of the molecule is CNC(CC(=O)OC)c1cccc(OC)c1. The molecule has 0 heterocycles. The van der Waals surface area contributed by atoms with Crippen molar-refractivity contribution in [3.05, 3.63) is 29.8 Å². The van der Waals surface area contributed by atoms with E-state index in [0.717, 1.165) is 11.3 Å². The maximum absolute atomic E-state index is 11.2. The van der Waals surface area contributed by atoms with E-state index in [1.807, 2.05) is 31.3 Å². The Labute approximate surface area is 95.6 Å². The van der Waals surface area contributed by atoms with Crippen LogP contribution in [0.25, 0.3) is 0 Å². The Morgan fingerprint density at radius 2 is 2.19 bits per heavy atom. The van der Waals surface area contributed by atoms with Crippen LogP contribution in [0.1, 0.15) is 18.0 Å². The van der Waals surface area contributed by atoms with Crippen LogP contribution in [-0.4, -0.2) is 27.2 Å². The van der Waals surface area contributed by atoms with Crippen molar-refractivity contribution in [3.8, 4) is 5.75 Å². The molecule has 0 aliphatic carbocycles. The predicted octanol–water partition coefficient (Wildman–Crippen LogP) is 1.52. The molecule has 88 valence electrons. The van der Waals surface area contributed by atoms with Crippen LogP contribution in [0.2, 0.25) is 0 Å². The van der Waals surface area contributed by atoms with Gasteiger partial charge in [0.2, 0.25) is 0 Å². The van der Waals surface area contributed by atoms with E-state index in [-0.39, 0.29) is 12.0 Å². The van der Waals surface area contributed by atoms with Crippen molar-refractivity contribution in [2.45, 2.75) is 12.5 Å². The molecule has 1 aromatic carbocycles. The van der Waals surface area contributed by atoms with Gasteiger partial charge < -0.3 is 14.8 Å². The van der Waals surface area contributed by atoms with E-state index in [4.69, 9.17) is 4.74 Å². The second-order valence-electron chi connectivity index (χ2n) is 3.40. The fourth-order valence-electron chi connectivity index (χ4n) is 1.49. The summed E-state index contributed by atoms with van der Waals surface area (Å²) in [6.45, 7) is 0. The Morgan fingerprint density at radius 3 is 2.75 bits per heavy atom. The van der Waals surface area contributed by atoms with Crippen LogP contribution in [0.5, 0.6) is 5.75 Å². The van der Waals surface area contributed by atoms with Crippen LogP contribution in [0.15, 0.2) is 24.3 Å². The Kier molecular flexibility index (Phi) is 4.79. The van der Waals surface area contributed by atoms with Crippen LogP contribution in [0.3, 0.4) is 0 Å². The van der Waals surface area contributed by atoms with E-state index < -0.39 is 0 Å².